The van der Waals surface area contributed by atoms with E-state index in [4.69, 9.17) is 4.74 Å². The van der Waals surface area contributed by atoms with Gasteiger partial charge in [0.05, 0.1) is 7.11 Å². The van der Waals surface area contributed by atoms with Crippen LogP contribution in [-0.2, 0) is 6.42 Å². The first-order valence-corrected chi connectivity index (χ1v) is 7.22. The average Bonchev–Trinajstić information content (AvgIpc) is 2.36. The summed E-state index contributed by atoms with van der Waals surface area (Å²) in [5, 5.41) is 3.32. The van der Waals surface area contributed by atoms with Crippen molar-refractivity contribution in [3.05, 3.63) is 29.8 Å². The van der Waals surface area contributed by atoms with Gasteiger partial charge in [-0.1, -0.05) is 32.9 Å². The summed E-state index contributed by atoms with van der Waals surface area (Å²) in [5.41, 5.74) is 1.82. The summed E-state index contributed by atoms with van der Waals surface area (Å²) >= 11 is 0. The molecule has 0 aliphatic carbocycles. The Morgan fingerprint density at radius 3 is 2.26 bits per heavy atom. The predicted octanol–water partition coefficient (Wildman–Crippen LogP) is 3.90. The number of methoxy groups -OCH3 is 1. The highest BCUT2D eigenvalue weighted by Gasteiger charge is 2.15. The molecule has 0 saturated carbocycles. The van der Waals surface area contributed by atoms with E-state index in [0.29, 0.717) is 11.3 Å². The minimum atomic E-state index is 0.423. The molecular weight excluding hydrogens is 234 g/mol. The molecule has 0 aliphatic rings. The number of ether oxygens (including phenoxy) is 1. The average molecular weight is 263 g/mol. The molecule has 0 aromatic heterocycles. The van der Waals surface area contributed by atoms with E-state index in [0.717, 1.165) is 18.7 Å². The fourth-order valence-corrected chi connectivity index (χ4v) is 2.30. The Morgan fingerprint density at radius 2 is 1.79 bits per heavy atom. The van der Waals surface area contributed by atoms with Crippen molar-refractivity contribution >= 4 is 0 Å². The monoisotopic (exact) mass is 263 g/mol. The molecule has 0 fully saturated rings. The standard InChI is InChI=1S/C17H29NO/c1-17(2,3)11-10-15(13-18-4)12-14-6-8-16(19-5)9-7-14/h6-9,15,18H,10-13H2,1-5H3. The highest BCUT2D eigenvalue weighted by atomic mass is 16.5. The van der Waals surface area contributed by atoms with Crippen molar-refractivity contribution in [3.8, 4) is 5.75 Å². The van der Waals surface area contributed by atoms with Gasteiger partial charge in [-0.15, -0.1) is 0 Å². The van der Waals surface area contributed by atoms with Crippen molar-refractivity contribution < 1.29 is 4.74 Å². The van der Waals surface area contributed by atoms with Gasteiger partial charge in [-0.25, -0.2) is 0 Å². The molecule has 0 saturated heterocycles. The van der Waals surface area contributed by atoms with Gasteiger partial charge in [-0.05, 0) is 61.9 Å². The normalized spacial score (nSPS) is 13.3. The zero-order chi connectivity index (χ0) is 14.3. The van der Waals surface area contributed by atoms with Crippen molar-refractivity contribution in [1.82, 2.24) is 5.32 Å². The maximum absolute atomic E-state index is 5.20. The van der Waals surface area contributed by atoms with Crippen molar-refractivity contribution in [2.24, 2.45) is 11.3 Å². The Morgan fingerprint density at radius 1 is 1.16 bits per heavy atom. The van der Waals surface area contributed by atoms with Gasteiger partial charge in [-0.3, -0.25) is 0 Å². The van der Waals surface area contributed by atoms with Crippen LogP contribution in [0.1, 0.15) is 39.2 Å². The van der Waals surface area contributed by atoms with Crippen LogP contribution in [0.2, 0.25) is 0 Å². The molecular formula is C17H29NO. The summed E-state index contributed by atoms with van der Waals surface area (Å²) in [6.45, 7) is 8.03. The fourth-order valence-electron chi connectivity index (χ4n) is 2.30. The van der Waals surface area contributed by atoms with Crippen LogP contribution in [0.4, 0.5) is 0 Å². The lowest BCUT2D eigenvalue weighted by Crippen LogP contribution is -2.22. The first kappa shape index (κ1) is 16.0. The first-order chi connectivity index (χ1) is 8.94. The Bertz CT molecular complexity index is 351. The van der Waals surface area contributed by atoms with Gasteiger partial charge in [0.1, 0.15) is 5.75 Å². The molecule has 1 aromatic carbocycles. The Hall–Kier alpha value is -1.02. The summed E-state index contributed by atoms with van der Waals surface area (Å²) in [5.74, 6) is 1.64. The van der Waals surface area contributed by atoms with E-state index in [9.17, 15) is 0 Å². The molecule has 0 spiro atoms. The minimum Gasteiger partial charge on any atom is -0.497 e. The highest BCUT2D eigenvalue weighted by molar-refractivity contribution is 5.27. The zero-order valence-electron chi connectivity index (χ0n) is 13.1. The molecule has 2 nitrogen and oxygen atoms in total. The van der Waals surface area contributed by atoms with E-state index in [2.05, 4.69) is 50.4 Å². The topological polar surface area (TPSA) is 21.3 Å². The molecule has 1 N–H and O–H groups in total. The van der Waals surface area contributed by atoms with Crippen molar-refractivity contribution in [2.45, 2.75) is 40.0 Å². The van der Waals surface area contributed by atoms with E-state index in [1.54, 1.807) is 7.11 Å². The van der Waals surface area contributed by atoms with E-state index >= 15 is 0 Å². The van der Waals surface area contributed by atoms with E-state index < -0.39 is 0 Å². The molecule has 0 radical (unpaired) electrons. The summed E-state index contributed by atoms with van der Waals surface area (Å²) in [7, 11) is 3.75. The third-order valence-electron chi connectivity index (χ3n) is 3.48. The van der Waals surface area contributed by atoms with Gasteiger partial charge in [0.25, 0.3) is 0 Å². The molecule has 0 amide bonds. The third-order valence-corrected chi connectivity index (χ3v) is 3.48. The molecule has 0 heterocycles. The maximum atomic E-state index is 5.20. The summed E-state index contributed by atoms with van der Waals surface area (Å²) in [4.78, 5) is 0. The number of nitrogens with one attached hydrogen (secondary N) is 1. The quantitative estimate of drug-likeness (QED) is 0.805. The van der Waals surface area contributed by atoms with Gasteiger partial charge in [0, 0.05) is 0 Å². The van der Waals surface area contributed by atoms with E-state index in [-0.39, 0.29) is 0 Å². The van der Waals surface area contributed by atoms with Crippen LogP contribution in [0, 0.1) is 11.3 Å². The number of hydrogen-bond donors (Lipinski definition) is 1. The Kier molecular flexibility index (Phi) is 6.36. The van der Waals surface area contributed by atoms with Crippen LogP contribution in [-0.4, -0.2) is 20.7 Å². The molecule has 2 heteroatoms. The minimum absolute atomic E-state index is 0.423. The van der Waals surface area contributed by atoms with Gasteiger partial charge >= 0.3 is 0 Å². The molecule has 1 aromatic rings. The molecule has 0 bridgehead atoms. The van der Waals surface area contributed by atoms with Gasteiger partial charge in [-0.2, -0.15) is 0 Å². The van der Waals surface area contributed by atoms with Crippen LogP contribution in [0.25, 0.3) is 0 Å². The van der Waals surface area contributed by atoms with Crippen molar-refractivity contribution in [3.63, 3.8) is 0 Å². The molecule has 108 valence electrons. The van der Waals surface area contributed by atoms with E-state index in [1.165, 1.54) is 18.4 Å². The lowest BCUT2D eigenvalue weighted by atomic mass is 9.84. The summed E-state index contributed by atoms with van der Waals surface area (Å²) in [6, 6.07) is 8.46. The van der Waals surface area contributed by atoms with Crippen molar-refractivity contribution in [2.75, 3.05) is 20.7 Å². The van der Waals surface area contributed by atoms with Crippen LogP contribution in [0.5, 0.6) is 5.75 Å². The molecule has 1 atom stereocenters. The molecule has 1 unspecified atom stereocenters. The zero-order valence-corrected chi connectivity index (χ0v) is 13.1. The van der Waals surface area contributed by atoms with E-state index in [1.807, 2.05) is 7.05 Å². The third kappa shape index (κ3) is 6.63. The van der Waals surface area contributed by atoms with Crippen LogP contribution < -0.4 is 10.1 Å². The largest absolute Gasteiger partial charge is 0.497 e. The van der Waals surface area contributed by atoms with Crippen LogP contribution in [0.15, 0.2) is 24.3 Å². The summed E-state index contributed by atoms with van der Waals surface area (Å²) < 4.78 is 5.20. The molecule has 1 rings (SSSR count). The smallest absolute Gasteiger partial charge is 0.118 e. The number of hydrogen-bond acceptors (Lipinski definition) is 2. The van der Waals surface area contributed by atoms with Gasteiger partial charge < -0.3 is 10.1 Å². The first-order valence-electron chi connectivity index (χ1n) is 7.22. The number of benzene rings is 1. The van der Waals surface area contributed by atoms with Crippen LogP contribution in [0.3, 0.4) is 0 Å². The Labute approximate surface area is 118 Å². The maximum Gasteiger partial charge on any atom is 0.118 e. The predicted molar refractivity (Wildman–Crippen MR) is 82.8 cm³/mol. The fraction of sp³-hybridized carbons (Fsp3) is 0.647. The number of rotatable bonds is 7. The van der Waals surface area contributed by atoms with Crippen molar-refractivity contribution in [1.29, 1.82) is 0 Å². The summed E-state index contributed by atoms with van der Waals surface area (Å²) in [6.07, 6.45) is 3.69. The molecule has 19 heavy (non-hydrogen) atoms. The highest BCUT2D eigenvalue weighted by Crippen LogP contribution is 2.25. The van der Waals surface area contributed by atoms with Gasteiger partial charge in [0.15, 0.2) is 0 Å². The second kappa shape index (κ2) is 7.54. The Balaban J connectivity index is 2.56. The lowest BCUT2D eigenvalue weighted by molar-refractivity contribution is 0.316. The lowest BCUT2D eigenvalue weighted by Gasteiger charge is -2.23. The second-order valence-corrected chi connectivity index (χ2v) is 6.58. The second-order valence-electron chi connectivity index (χ2n) is 6.58. The van der Waals surface area contributed by atoms with Crippen LogP contribution >= 0.6 is 0 Å². The SMILES string of the molecule is CNCC(CCC(C)(C)C)Cc1ccc(OC)cc1. The molecule has 0 aliphatic heterocycles. The van der Waals surface area contributed by atoms with Gasteiger partial charge in [0.2, 0.25) is 0 Å².